The molecule has 1 atom stereocenters. The Kier molecular flexibility index (Phi) is 4.47. The van der Waals surface area contributed by atoms with Gasteiger partial charge in [-0.25, -0.2) is 0 Å². The molecule has 0 bridgehead atoms. The number of hydrogen-bond acceptors (Lipinski definition) is 1. The topological polar surface area (TPSA) is 13.1 Å². The summed E-state index contributed by atoms with van der Waals surface area (Å²) in [7, 11) is 0. The first kappa shape index (κ1) is 14.4. The second-order valence-electron chi connectivity index (χ2n) is 4.91. The van der Waals surface area contributed by atoms with E-state index in [4.69, 9.17) is 16.0 Å². The Labute approximate surface area is 137 Å². The lowest BCUT2D eigenvalue weighted by Gasteiger charge is -2.09. The van der Waals surface area contributed by atoms with Crippen molar-refractivity contribution in [3.05, 3.63) is 94.4 Å². The van der Waals surface area contributed by atoms with E-state index in [1.807, 2.05) is 12.1 Å². The normalized spacial score (nSPS) is 12.3. The molecule has 21 heavy (non-hydrogen) atoms. The van der Waals surface area contributed by atoms with Gasteiger partial charge in [0.15, 0.2) is 5.22 Å². The van der Waals surface area contributed by atoms with Crippen molar-refractivity contribution >= 4 is 27.5 Å². The summed E-state index contributed by atoms with van der Waals surface area (Å²) in [5, 5.41) is 0.412. The van der Waals surface area contributed by atoms with Crippen molar-refractivity contribution in [1.29, 1.82) is 0 Å². The van der Waals surface area contributed by atoms with Crippen LogP contribution in [0.1, 0.15) is 27.3 Å². The number of rotatable bonds is 4. The number of benzene rings is 2. The summed E-state index contributed by atoms with van der Waals surface area (Å²) in [6.45, 7) is 0. The predicted molar refractivity (Wildman–Crippen MR) is 90.2 cm³/mol. The van der Waals surface area contributed by atoms with Gasteiger partial charge in [0.2, 0.25) is 0 Å². The summed E-state index contributed by atoms with van der Waals surface area (Å²) in [6, 6.07) is 22.7. The van der Waals surface area contributed by atoms with Crippen molar-refractivity contribution in [3.63, 3.8) is 0 Å². The molecule has 0 aliphatic carbocycles. The van der Waals surface area contributed by atoms with Crippen LogP contribution < -0.4 is 0 Å². The molecule has 0 saturated heterocycles. The van der Waals surface area contributed by atoms with E-state index in [2.05, 4.69) is 64.5 Å². The Morgan fingerprint density at radius 2 is 1.52 bits per heavy atom. The molecule has 0 aliphatic rings. The number of alkyl halides is 1. The second kappa shape index (κ2) is 6.50. The molecule has 0 fully saturated rings. The molecular formula is C18H14BrClO. The lowest BCUT2D eigenvalue weighted by molar-refractivity contribution is 0.521. The maximum Gasteiger partial charge on any atom is 0.193 e. The standard InChI is InChI=1S/C18H14BrClO/c19-18(16-10-11-17(20)21-16)15-8-6-14(7-9-15)12-13-4-2-1-3-5-13/h1-11,18H,12H2. The van der Waals surface area contributed by atoms with E-state index in [0.717, 1.165) is 17.7 Å². The maximum absolute atomic E-state index is 5.82. The van der Waals surface area contributed by atoms with Gasteiger partial charge in [-0.15, -0.1) is 0 Å². The van der Waals surface area contributed by atoms with Gasteiger partial charge >= 0.3 is 0 Å². The van der Waals surface area contributed by atoms with Crippen molar-refractivity contribution in [3.8, 4) is 0 Å². The van der Waals surface area contributed by atoms with Crippen LogP contribution in [0.3, 0.4) is 0 Å². The first-order chi connectivity index (χ1) is 10.2. The molecule has 3 aromatic rings. The third-order valence-corrected chi connectivity index (χ3v) is 4.55. The molecule has 106 valence electrons. The lowest BCUT2D eigenvalue weighted by Crippen LogP contribution is -1.92. The zero-order valence-corrected chi connectivity index (χ0v) is 13.6. The number of hydrogen-bond donors (Lipinski definition) is 0. The Hall–Kier alpha value is -1.51. The van der Waals surface area contributed by atoms with Gasteiger partial charge in [0.25, 0.3) is 0 Å². The molecule has 1 nitrogen and oxygen atoms in total. The van der Waals surface area contributed by atoms with Crippen molar-refractivity contribution in [2.75, 3.05) is 0 Å². The van der Waals surface area contributed by atoms with E-state index >= 15 is 0 Å². The van der Waals surface area contributed by atoms with E-state index in [1.54, 1.807) is 6.07 Å². The van der Waals surface area contributed by atoms with E-state index in [1.165, 1.54) is 11.1 Å². The van der Waals surface area contributed by atoms with Crippen LogP contribution in [0.15, 0.2) is 71.1 Å². The van der Waals surface area contributed by atoms with Gasteiger partial charge < -0.3 is 4.42 Å². The van der Waals surface area contributed by atoms with Gasteiger partial charge in [-0.05, 0) is 46.8 Å². The van der Waals surface area contributed by atoms with E-state index in [0.29, 0.717) is 5.22 Å². The summed E-state index contributed by atoms with van der Waals surface area (Å²) in [5.74, 6) is 0.816. The number of furan rings is 1. The average molecular weight is 362 g/mol. The SMILES string of the molecule is Clc1ccc(C(Br)c2ccc(Cc3ccccc3)cc2)o1. The van der Waals surface area contributed by atoms with Crippen LogP contribution in [0.5, 0.6) is 0 Å². The first-order valence-corrected chi connectivity index (χ1v) is 8.04. The molecule has 0 amide bonds. The van der Waals surface area contributed by atoms with Crippen LogP contribution in [-0.4, -0.2) is 0 Å². The van der Waals surface area contributed by atoms with E-state index in [9.17, 15) is 0 Å². The van der Waals surface area contributed by atoms with Gasteiger partial charge in [0.1, 0.15) is 5.76 Å². The van der Waals surface area contributed by atoms with Crippen LogP contribution in [0.25, 0.3) is 0 Å². The van der Waals surface area contributed by atoms with E-state index in [-0.39, 0.29) is 4.83 Å². The van der Waals surface area contributed by atoms with Crippen LogP contribution in [0.4, 0.5) is 0 Å². The van der Waals surface area contributed by atoms with Crippen molar-refractivity contribution in [2.24, 2.45) is 0 Å². The van der Waals surface area contributed by atoms with E-state index < -0.39 is 0 Å². The Morgan fingerprint density at radius 3 is 2.14 bits per heavy atom. The third-order valence-electron chi connectivity index (χ3n) is 3.37. The van der Waals surface area contributed by atoms with Crippen LogP contribution in [0.2, 0.25) is 5.22 Å². The van der Waals surface area contributed by atoms with Crippen LogP contribution in [-0.2, 0) is 6.42 Å². The summed E-state index contributed by atoms with van der Waals surface area (Å²) >= 11 is 9.47. The Morgan fingerprint density at radius 1 is 0.857 bits per heavy atom. The highest BCUT2D eigenvalue weighted by molar-refractivity contribution is 9.09. The second-order valence-corrected chi connectivity index (χ2v) is 6.20. The smallest absolute Gasteiger partial charge is 0.193 e. The maximum atomic E-state index is 5.82. The fraction of sp³-hybridized carbons (Fsp3) is 0.111. The number of halogens is 2. The third kappa shape index (κ3) is 3.58. The molecule has 3 rings (SSSR count). The zero-order valence-electron chi connectivity index (χ0n) is 11.3. The van der Waals surface area contributed by atoms with Gasteiger partial charge in [-0.2, -0.15) is 0 Å². The monoisotopic (exact) mass is 360 g/mol. The summed E-state index contributed by atoms with van der Waals surface area (Å²) in [4.78, 5) is 0.0239. The molecule has 1 unspecified atom stereocenters. The summed E-state index contributed by atoms with van der Waals surface area (Å²) in [5.41, 5.74) is 3.76. The molecule has 0 aliphatic heterocycles. The quantitative estimate of drug-likeness (QED) is 0.519. The summed E-state index contributed by atoms with van der Waals surface area (Å²) in [6.07, 6.45) is 0.945. The molecule has 0 spiro atoms. The molecule has 3 heteroatoms. The fourth-order valence-electron chi connectivity index (χ4n) is 2.26. The highest BCUT2D eigenvalue weighted by Gasteiger charge is 2.14. The Balaban J connectivity index is 1.75. The minimum Gasteiger partial charge on any atom is -0.448 e. The highest BCUT2D eigenvalue weighted by Crippen LogP contribution is 2.33. The molecule has 2 aromatic carbocycles. The van der Waals surface area contributed by atoms with Gasteiger partial charge in [-0.3, -0.25) is 0 Å². The minimum absolute atomic E-state index is 0.0239. The Bertz CT molecular complexity index is 704. The fourth-order valence-corrected chi connectivity index (χ4v) is 2.97. The first-order valence-electron chi connectivity index (χ1n) is 6.74. The van der Waals surface area contributed by atoms with Crippen molar-refractivity contribution in [1.82, 2.24) is 0 Å². The predicted octanol–water partition coefficient (Wildman–Crippen LogP) is 6.01. The van der Waals surface area contributed by atoms with Crippen LogP contribution >= 0.6 is 27.5 Å². The van der Waals surface area contributed by atoms with Crippen LogP contribution in [0, 0.1) is 0 Å². The molecule has 0 saturated carbocycles. The molecule has 0 radical (unpaired) electrons. The van der Waals surface area contributed by atoms with Gasteiger partial charge in [-0.1, -0.05) is 70.5 Å². The average Bonchev–Trinajstić information content (AvgIpc) is 2.95. The largest absolute Gasteiger partial charge is 0.448 e. The minimum atomic E-state index is 0.0239. The lowest BCUT2D eigenvalue weighted by atomic mass is 10.0. The molecule has 1 heterocycles. The zero-order chi connectivity index (χ0) is 14.7. The molecular weight excluding hydrogens is 348 g/mol. The molecule has 0 N–H and O–H groups in total. The summed E-state index contributed by atoms with van der Waals surface area (Å²) < 4.78 is 5.44. The molecule has 1 aromatic heterocycles. The van der Waals surface area contributed by atoms with Gasteiger partial charge in [0, 0.05) is 0 Å². The van der Waals surface area contributed by atoms with Crippen molar-refractivity contribution < 1.29 is 4.42 Å². The highest BCUT2D eigenvalue weighted by atomic mass is 79.9. The van der Waals surface area contributed by atoms with Gasteiger partial charge in [0.05, 0.1) is 4.83 Å². The van der Waals surface area contributed by atoms with Crippen molar-refractivity contribution in [2.45, 2.75) is 11.2 Å².